The number of hydrogen-bond donors (Lipinski definition) is 2. The van der Waals surface area contributed by atoms with E-state index in [0.717, 1.165) is 11.8 Å². The number of rotatable bonds is 12. The molecule has 0 radical (unpaired) electrons. The molecule has 0 bridgehead atoms. The second-order valence-corrected chi connectivity index (χ2v) is 8.89. The van der Waals surface area contributed by atoms with Crippen LogP contribution < -0.4 is 10.6 Å². The Morgan fingerprint density at radius 1 is 1.09 bits per heavy atom. The minimum Gasteiger partial charge on any atom is -0.458 e. The van der Waals surface area contributed by atoms with Crippen molar-refractivity contribution < 1.29 is 28.7 Å². The predicted octanol–water partition coefficient (Wildman–Crippen LogP) is 0.752. The maximum atomic E-state index is 13.1. The molecule has 0 aliphatic carbocycles. The van der Waals surface area contributed by atoms with E-state index in [0.29, 0.717) is 0 Å². The van der Waals surface area contributed by atoms with E-state index >= 15 is 0 Å². The number of amides is 2. The Balaban J connectivity index is 3.06. The van der Waals surface area contributed by atoms with Gasteiger partial charge < -0.3 is 25.8 Å². The maximum absolute atomic E-state index is 13.1. The molecule has 0 aliphatic heterocycles. The number of hydrogen-bond acceptors (Lipinski definition) is 6. The minimum atomic E-state index is -1.13. The van der Waals surface area contributed by atoms with Crippen LogP contribution in [0.3, 0.4) is 0 Å². The standard InChI is InChI=1S/C23H33N5O5/c1-23(2,3)33-22(32)18(12-11-17(29)14-25-24)27-21(31)19(26-20(30)15-28(4)5)13-16-9-7-6-8-10-16/h6-10,14,18-19H,11-13,15H2,1-5H3,(H,26,30)(H,27,31)/t18-,19+/m0/s1. The summed E-state index contributed by atoms with van der Waals surface area (Å²) in [7, 11) is 3.47. The van der Waals surface area contributed by atoms with E-state index in [4.69, 9.17) is 10.3 Å². The highest BCUT2D eigenvalue weighted by atomic mass is 16.6. The summed E-state index contributed by atoms with van der Waals surface area (Å²) in [6.45, 7) is 5.15. The molecule has 180 valence electrons. The molecule has 1 rings (SSSR count). The highest BCUT2D eigenvalue weighted by molar-refractivity contribution is 6.25. The molecule has 0 aliphatic rings. The van der Waals surface area contributed by atoms with Gasteiger partial charge in [0, 0.05) is 12.8 Å². The summed E-state index contributed by atoms with van der Waals surface area (Å²) < 4.78 is 5.38. The van der Waals surface area contributed by atoms with E-state index in [-0.39, 0.29) is 31.7 Å². The highest BCUT2D eigenvalue weighted by Crippen LogP contribution is 2.12. The van der Waals surface area contributed by atoms with Crippen molar-refractivity contribution in [3.8, 4) is 0 Å². The van der Waals surface area contributed by atoms with Gasteiger partial charge in [-0.1, -0.05) is 30.3 Å². The first-order valence-corrected chi connectivity index (χ1v) is 10.6. The number of carbonyl (C=O) groups is 4. The fourth-order valence-electron chi connectivity index (χ4n) is 2.90. The number of ether oxygens (including phenoxy) is 1. The summed E-state index contributed by atoms with van der Waals surface area (Å²) >= 11 is 0. The van der Waals surface area contributed by atoms with Gasteiger partial charge in [-0.2, -0.15) is 4.79 Å². The molecule has 0 aromatic heterocycles. The Labute approximate surface area is 194 Å². The van der Waals surface area contributed by atoms with Gasteiger partial charge in [-0.05, 0) is 46.9 Å². The van der Waals surface area contributed by atoms with Crippen LogP contribution in [0.15, 0.2) is 30.3 Å². The van der Waals surface area contributed by atoms with Crippen molar-refractivity contribution in [2.45, 2.75) is 57.7 Å². The van der Waals surface area contributed by atoms with Gasteiger partial charge in [0.05, 0.1) is 6.54 Å². The predicted molar refractivity (Wildman–Crippen MR) is 122 cm³/mol. The fraction of sp³-hybridized carbons (Fsp3) is 0.522. The maximum Gasteiger partial charge on any atom is 0.329 e. The van der Waals surface area contributed by atoms with E-state index < -0.39 is 35.3 Å². The topological polar surface area (TPSA) is 141 Å². The molecule has 2 amide bonds. The molecule has 10 nitrogen and oxygen atoms in total. The molecular weight excluding hydrogens is 426 g/mol. The zero-order chi connectivity index (χ0) is 25.0. The van der Waals surface area contributed by atoms with Crippen molar-refractivity contribution in [3.05, 3.63) is 41.4 Å². The van der Waals surface area contributed by atoms with E-state index in [1.165, 1.54) is 0 Å². The molecule has 1 aromatic rings. The number of likely N-dealkylation sites (N-methyl/N-ethyl adjacent to an activating group) is 1. The molecule has 0 saturated heterocycles. The molecule has 10 heteroatoms. The Bertz CT molecular complexity index is 873. The zero-order valence-corrected chi connectivity index (χ0v) is 19.8. The summed E-state index contributed by atoms with van der Waals surface area (Å²) in [4.78, 5) is 54.2. The van der Waals surface area contributed by atoms with Gasteiger partial charge in [0.1, 0.15) is 17.7 Å². The quantitative estimate of drug-likeness (QED) is 0.204. The zero-order valence-electron chi connectivity index (χ0n) is 19.8. The van der Waals surface area contributed by atoms with Crippen molar-refractivity contribution in [1.82, 2.24) is 15.5 Å². The van der Waals surface area contributed by atoms with Crippen LogP contribution in [0.2, 0.25) is 0 Å². The van der Waals surface area contributed by atoms with Gasteiger partial charge >= 0.3 is 12.2 Å². The van der Waals surface area contributed by atoms with Crippen molar-refractivity contribution in [2.24, 2.45) is 0 Å². The van der Waals surface area contributed by atoms with Gasteiger partial charge in [0.15, 0.2) is 0 Å². The number of ketones is 1. The van der Waals surface area contributed by atoms with Crippen LogP contribution in [0.25, 0.3) is 5.53 Å². The molecule has 33 heavy (non-hydrogen) atoms. The molecule has 2 N–H and O–H groups in total. The summed E-state index contributed by atoms with van der Waals surface area (Å²) in [5.41, 5.74) is 8.53. The van der Waals surface area contributed by atoms with Gasteiger partial charge in [-0.25, -0.2) is 4.79 Å². The van der Waals surface area contributed by atoms with E-state index in [1.807, 2.05) is 30.3 Å². The Morgan fingerprint density at radius 2 is 1.73 bits per heavy atom. The van der Waals surface area contributed by atoms with Crippen LogP contribution in [-0.4, -0.2) is 77.8 Å². The minimum absolute atomic E-state index is 0.0603. The number of nitrogens with zero attached hydrogens (tertiary/aromatic N) is 3. The van der Waals surface area contributed by atoms with Gasteiger partial charge in [0.2, 0.25) is 17.6 Å². The molecule has 0 saturated carbocycles. The SMILES string of the molecule is CN(C)CC(=O)N[C@H](Cc1ccccc1)C(=O)N[C@@H](CCC(=O)C=[N+]=[N-])C(=O)OC(C)(C)C. The van der Waals surface area contributed by atoms with Gasteiger partial charge in [-0.3, -0.25) is 14.4 Å². The van der Waals surface area contributed by atoms with Gasteiger partial charge in [-0.15, -0.1) is 0 Å². The summed E-state index contributed by atoms with van der Waals surface area (Å²) in [5, 5.41) is 5.32. The Kier molecular flexibility index (Phi) is 11.1. The smallest absolute Gasteiger partial charge is 0.329 e. The third-order valence-electron chi connectivity index (χ3n) is 4.28. The Morgan fingerprint density at radius 3 is 2.27 bits per heavy atom. The second-order valence-electron chi connectivity index (χ2n) is 8.89. The summed E-state index contributed by atoms with van der Waals surface area (Å²) in [6, 6.07) is 7.08. The lowest BCUT2D eigenvalue weighted by Crippen LogP contribution is -2.54. The van der Waals surface area contributed by atoms with Crippen molar-refractivity contribution in [1.29, 1.82) is 0 Å². The van der Waals surface area contributed by atoms with Crippen molar-refractivity contribution in [2.75, 3.05) is 20.6 Å². The first-order valence-electron chi connectivity index (χ1n) is 10.6. The summed E-state index contributed by atoms with van der Waals surface area (Å²) in [6.07, 6.45) is 0.733. The Hall–Kier alpha value is -3.36. The number of esters is 1. The van der Waals surface area contributed by atoms with Crippen LogP contribution in [0, 0.1) is 0 Å². The normalized spacial score (nSPS) is 12.8. The average molecular weight is 460 g/mol. The van der Waals surface area contributed by atoms with Crippen LogP contribution in [0.1, 0.15) is 39.2 Å². The van der Waals surface area contributed by atoms with Crippen LogP contribution >= 0.6 is 0 Å². The van der Waals surface area contributed by atoms with E-state index in [1.54, 1.807) is 39.8 Å². The molecular formula is C23H33N5O5. The molecule has 1 aromatic carbocycles. The van der Waals surface area contributed by atoms with E-state index in [2.05, 4.69) is 15.4 Å². The largest absolute Gasteiger partial charge is 0.458 e. The molecule has 0 fully saturated rings. The monoisotopic (exact) mass is 459 g/mol. The van der Waals surface area contributed by atoms with Crippen molar-refractivity contribution >= 4 is 29.8 Å². The third kappa shape index (κ3) is 11.7. The molecule has 0 spiro atoms. The number of benzene rings is 1. The van der Waals surface area contributed by atoms with Crippen LogP contribution in [-0.2, 0) is 30.3 Å². The first-order chi connectivity index (χ1) is 15.4. The fourth-order valence-corrected chi connectivity index (χ4v) is 2.90. The molecule has 2 atom stereocenters. The third-order valence-corrected chi connectivity index (χ3v) is 4.28. The van der Waals surface area contributed by atoms with Gasteiger partial charge in [0.25, 0.3) is 0 Å². The summed E-state index contributed by atoms with van der Waals surface area (Å²) in [5.74, 6) is -2.15. The van der Waals surface area contributed by atoms with E-state index in [9.17, 15) is 19.2 Å². The number of carbonyl (C=O) groups excluding carboxylic acids is 4. The van der Waals surface area contributed by atoms with Crippen LogP contribution in [0.4, 0.5) is 0 Å². The average Bonchev–Trinajstić information content (AvgIpc) is 2.69. The first kappa shape index (κ1) is 27.7. The highest BCUT2D eigenvalue weighted by Gasteiger charge is 2.30. The molecule has 0 unspecified atom stereocenters. The lowest BCUT2D eigenvalue weighted by Gasteiger charge is -2.26. The number of Topliss-reactive ketones (excluding diaryl/α,β-unsaturated/α-hetero) is 1. The second kappa shape index (κ2) is 13.2. The number of nitrogens with one attached hydrogen (secondary N) is 2. The molecule has 0 heterocycles. The van der Waals surface area contributed by atoms with Crippen LogP contribution in [0.5, 0.6) is 0 Å². The van der Waals surface area contributed by atoms with Crippen molar-refractivity contribution in [3.63, 3.8) is 0 Å². The lowest BCUT2D eigenvalue weighted by atomic mass is 10.0. The lowest BCUT2D eigenvalue weighted by molar-refractivity contribution is -0.159.